The third-order valence-electron chi connectivity index (χ3n) is 5.41. The van der Waals surface area contributed by atoms with Gasteiger partial charge in [-0.3, -0.25) is 0 Å². The molecule has 1 aliphatic rings. The number of ether oxygens (including phenoxy) is 1. The number of hydrogen-bond acceptors (Lipinski definition) is 5. The molecule has 4 aromatic rings. The minimum absolute atomic E-state index is 0.222. The Kier molecular flexibility index (Phi) is 5.29. The molecule has 1 aliphatic heterocycles. The van der Waals surface area contributed by atoms with Crippen molar-refractivity contribution in [2.24, 2.45) is 0 Å². The Morgan fingerprint density at radius 3 is 2.48 bits per heavy atom. The molecule has 2 aromatic heterocycles. The molecule has 158 valence electrons. The van der Waals surface area contributed by atoms with Gasteiger partial charge < -0.3 is 9.64 Å². The summed E-state index contributed by atoms with van der Waals surface area (Å²) in [5, 5.41) is 0.744. The maximum absolute atomic E-state index is 13.7. The van der Waals surface area contributed by atoms with Gasteiger partial charge in [-0.2, -0.15) is 0 Å². The van der Waals surface area contributed by atoms with Crippen molar-refractivity contribution in [1.29, 1.82) is 0 Å². The third-order valence-corrected chi connectivity index (χ3v) is 7.82. The number of benzene rings is 2. The van der Waals surface area contributed by atoms with Gasteiger partial charge in [0, 0.05) is 40.4 Å². The molecule has 1 fully saturated rings. The number of aromatic nitrogens is 2. The van der Waals surface area contributed by atoms with Crippen LogP contribution in [0.1, 0.15) is 0 Å². The summed E-state index contributed by atoms with van der Waals surface area (Å²) in [7, 11) is -3.86. The molecule has 0 atom stereocenters. The lowest BCUT2D eigenvalue weighted by molar-refractivity contribution is 0.122. The highest BCUT2D eigenvalue weighted by Gasteiger charge is 2.25. The van der Waals surface area contributed by atoms with E-state index in [1.54, 1.807) is 36.5 Å². The molecular formula is C23H20BrN3O3S. The number of fused-ring (bicyclic) bond motifs is 1. The molecule has 1 saturated heterocycles. The fraction of sp³-hybridized carbons (Fsp3) is 0.174. The third kappa shape index (κ3) is 3.64. The van der Waals surface area contributed by atoms with Gasteiger partial charge in [0.1, 0.15) is 0 Å². The number of nitrogens with zero attached hydrogens (tertiary/aromatic N) is 3. The minimum atomic E-state index is -3.86. The lowest BCUT2D eigenvalue weighted by Crippen LogP contribution is -2.36. The zero-order chi connectivity index (χ0) is 21.4. The van der Waals surface area contributed by atoms with Crippen LogP contribution in [0.2, 0.25) is 0 Å². The van der Waals surface area contributed by atoms with Crippen LogP contribution in [0.3, 0.4) is 0 Å². The van der Waals surface area contributed by atoms with E-state index in [4.69, 9.17) is 4.74 Å². The van der Waals surface area contributed by atoms with Crippen molar-refractivity contribution in [1.82, 2.24) is 8.96 Å². The Balaban J connectivity index is 1.73. The van der Waals surface area contributed by atoms with E-state index in [0.717, 1.165) is 34.2 Å². The van der Waals surface area contributed by atoms with E-state index in [2.05, 4.69) is 25.8 Å². The average molecular weight is 498 g/mol. The van der Waals surface area contributed by atoms with Crippen molar-refractivity contribution in [2.75, 3.05) is 31.2 Å². The molecule has 0 radical (unpaired) electrons. The molecule has 5 rings (SSSR count). The zero-order valence-corrected chi connectivity index (χ0v) is 19.0. The summed E-state index contributed by atoms with van der Waals surface area (Å²) in [6, 6.07) is 20.1. The van der Waals surface area contributed by atoms with Crippen molar-refractivity contribution >= 4 is 42.7 Å². The molecule has 0 aliphatic carbocycles. The van der Waals surface area contributed by atoms with Gasteiger partial charge in [-0.25, -0.2) is 17.4 Å². The van der Waals surface area contributed by atoms with Gasteiger partial charge in [-0.05, 0) is 52.3 Å². The first-order valence-corrected chi connectivity index (χ1v) is 12.2. The molecule has 0 saturated carbocycles. The second kappa shape index (κ2) is 8.11. The minimum Gasteiger partial charge on any atom is -0.378 e. The Labute approximate surface area is 189 Å². The molecule has 0 spiro atoms. The largest absolute Gasteiger partial charge is 0.378 e. The normalized spacial score (nSPS) is 14.8. The highest BCUT2D eigenvalue weighted by Crippen LogP contribution is 2.35. The molecule has 2 aromatic carbocycles. The first-order valence-electron chi connectivity index (χ1n) is 9.95. The average Bonchev–Trinajstić information content (AvgIpc) is 3.22. The topological polar surface area (TPSA) is 64.4 Å². The molecule has 31 heavy (non-hydrogen) atoms. The fourth-order valence-electron chi connectivity index (χ4n) is 3.87. The van der Waals surface area contributed by atoms with Crippen LogP contribution in [0.15, 0.2) is 82.3 Å². The predicted molar refractivity (Wildman–Crippen MR) is 125 cm³/mol. The molecule has 6 nitrogen and oxygen atoms in total. The van der Waals surface area contributed by atoms with Crippen LogP contribution in [-0.4, -0.2) is 43.7 Å². The monoisotopic (exact) mass is 497 g/mol. The second-order valence-corrected chi connectivity index (χ2v) is 9.93. The van der Waals surface area contributed by atoms with E-state index in [-0.39, 0.29) is 4.90 Å². The zero-order valence-electron chi connectivity index (χ0n) is 16.6. The predicted octanol–water partition coefficient (Wildman–Crippen LogP) is 4.54. The summed E-state index contributed by atoms with van der Waals surface area (Å²) in [4.78, 5) is 6.89. The Morgan fingerprint density at radius 2 is 1.71 bits per heavy atom. The molecule has 3 heterocycles. The highest BCUT2D eigenvalue weighted by atomic mass is 79.9. The molecule has 0 unspecified atom stereocenters. The van der Waals surface area contributed by atoms with E-state index < -0.39 is 10.0 Å². The SMILES string of the molecule is O=S(=O)(c1ccccc1)n1c(-c2cccc(N3CCOCC3)c2)cc2c(Br)ccnc21. The van der Waals surface area contributed by atoms with Crippen LogP contribution in [0.5, 0.6) is 0 Å². The smallest absolute Gasteiger partial charge is 0.269 e. The van der Waals surface area contributed by atoms with Gasteiger partial charge in [-0.1, -0.05) is 30.3 Å². The van der Waals surface area contributed by atoms with Gasteiger partial charge in [0.05, 0.1) is 23.8 Å². The van der Waals surface area contributed by atoms with E-state index in [1.807, 2.05) is 36.4 Å². The summed E-state index contributed by atoms with van der Waals surface area (Å²) < 4.78 is 35.0. The Morgan fingerprint density at radius 1 is 0.935 bits per heavy atom. The molecule has 0 bridgehead atoms. The summed E-state index contributed by atoms with van der Waals surface area (Å²) in [6.07, 6.45) is 1.61. The fourth-order valence-corrected chi connectivity index (χ4v) is 5.78. The van der Waals surface area contributed by atoms with Crippen molar-refractivity contribution < 1.29 is 13.2 Å². The standard InChI is InChI=1S/C23H20BrN3O3S/c24-21-9-10-25-23-20(21)16-22(27(23)31(28,29)19-7-2-1-3-8-19)17-5-4-6-18(15-17)26-11-13-30-14-12-26/h1-10,15-16H,11-14H2. The van der Waals surface area contributed by atoms with E-state index >= 15 is 0 Å². The number of morpholine rings is 1. The summed E-state index contributed by atoms with van der Waals surface area (Å²) >= 11 is 3.55. The maximum Gasteiger partial charge on any atom is 0.269 e. The first kappa shape index (κ1) is 20.2. The maximum atomic E-state index is 13.7. The number of hydrogen-bond donors (Lipinski definition) is 0. The Hall–Kier alpha value is -2.68. The molecule has 0 amide bonds. The number of rotatable bonds is 4. The van der Waals surface area contributed by atoms with E-state index in [9.17, 15) is 8.42 Å². The van der Waals surface area contributed by atoms with Crippen molar-refractivity contribution in [2.45, 2.75) is 4.90 Å². The number of anilines is 1. The van der Waals surface area contributed by atoms with Gasteiger partial charge in [0.15, 0.2) is 5.65 Å². The quantitative estimate of drug-likeness (QED) is 0.414. The van der Waals surface area contributed by atoms with Crippen LogP contribution in [0.25, 0.3) is 22.3 Å². The van der Waals surface area contributed by atoms with Crippen molar-refractivity contribution in [3.8, 4) is 11.3 Å². The lowest BCUT2D eigenvalue weighted by atomic mass is 10.1. The molecule has 8 heteroatoms. The summed E-state index contributed by atoms with van der Waals surface area (Å²) in [5.74, 6) is 0. The summed E-state index contributed by atoms with van der Waals surface area (Å²) in [5.41, 5.74) is 2.83. The van der Waals surface area contributed by atoms with Crippen LogP contribution in [0.4, 0.5) is 5.69 Å². The second-order valence-electron chi connectivity index (χ2n) is 7.29. The van der Waals surface area contributed by atoms with E-state index in [0.29, 0.717) is 24.6 Å². The highest BCUT2D eigenvalue weighted by molar-refractivity contribution is 9.10. The van der Waals surface area contributed by atoms with Crippen molar-refractivity contribution in [3.63, 3.8) is 0 Å². The van der Waals surface area contributed by atoms with Crippen LogP contribution < -0.4 is 4.90 Å². The van der Waals surface area contributed by atoms with Gasteiger partial charge in [0.2, 0.25) is 0 Å². The van der Waals surface area contributed by atoms with Gasteiger partial charge in [0.25, 0.3) is 10.0 Å². The number of pyridine rings is 1. The lowest BCUT2D eigenvalue weighted by Gasteiger charge is -2.29. The van der Waals surface area contributed by atoms with Gasteiger partial charge in [-0.15, -0.1) is 0 Å². The Bertz CT molecular complexity index is 1350. The molecule has 0 N–H and O–H groups in total. The van der Waals surface area contributed by atoms with E-state index in [1.165, 1.54) is 3.97 Å². The van der Waals surface area contributed by atoms with Crippen LogP contribution >= 0.6 is 15.9 Å². The number of halogens is 1. The first-order chi connectivity index (χ1) is 15.1. The molecular weight excluding hydrogens is 478 g/mol. The summed E-state index contributed by atoms with van der Waals surface area (Å²) in [6.45, 7) is 2.98. The van der Waals surface area contributed by atoms with Crippen LogP contribution in [0, 0.1) is 0 Å². The van der Waals surface area contributed by atoms with Gasteiger partial charge >= 0.3 is 0 Å². The van der Waals surface area contributed by atoms with Crippen LogP contribution in [-0.2, 0) is 14.8 Å². The van der Waals surface area contributed by atoms with Crippen molar-refractivity contribution in [3.05, 3.63) is 77.4 Å².